The van der Waals surface area contributed by atoms with E-state index in [0.717, 1.165) is 0 Å². The zero-order valence-electron chi connectivity index (χ0n) is 9.69. The largest absolute Gasteiger partial charge is 0.389 e. The molecule has 4 nitrogen and oxygen atoms in total. The number of aliphatic hydroxyl groups is 1. The first-order chi connectivity index (χ1) is 6.79. The lowest BCUT2D eigenvalue weighted by Crippen LogP contribution is -2.26. The lowest BCUT2D eigenvalue weighted by atomic mass is 10.1. The fraction of sp³-hybridized carbons (Fsp3) is 0.636. The molecular weight excluding hydrogens is 192 g/mol. The Morgan fingerprint density at radius 1 is 1.60 bits per heavy atom. The van der Waals surface area contributed by atoms with E-state index in [1.54, 1.807) is 30.8 Å². The Morgan fingerprint density at radius 3 is 2.67 bits per heavy atom. The van der Waals surface area contributed by atoms with Crippen LogP contribution < -0.4 is 0 Å². The minimum Gasteiger partial charge on any atom is -0.389 e. The zero-order chi connectivity index (χ0) is 11.6. The number of hydrogen-bond donors (Lipinski definition) is 1. The van der Waals surface area contributed by atoms with Crippen LogP contribution in [0.15, 0.2) is 12.3 Å². The summed E-state index contributed by atoms with van der Waals surface area (Å²) in [5.41, 5.74) is -0.348. The predicted octanol–water partition coefficient (Wildman–Crippen LogP) is 1.49. The molecular formula is C11H18N2O2. The van der Waals surface area contributed by atoms with E-state index >= 15 is 0 Å². The van der Waals surface area contributed by atoms with Crippen LogP contribution in [0.5, 0.6) is 0 Å². The molecule has 0 atom stereocenters. The molecule has 0 saturated heterocycles. The average Bonchev–Trinajstić information content (AvgIpc) is 2.48. The molecule has 15 heavy (non-hydrogen) atoms. The van der Waals surface area contributed by atoms with Gasteiger partial charge in [0, 0.05) is 12.1 Å². The average molecular weight is 210 g/mol. The fourth-order valence-electron chi connectivity index (χ4n) is 1.27. The number of ketones is 1. The van der Waals surface area contributed by atoms with Crippen LogP contribution in [0.3, 0.4) is 0 Å². The van der Waals surface area contributed by atoms with Crippen molar-refractivity contribution in [1.82, 2.24) is 9.78 Å². The first-order valence-electron chi connectivity index (χ1n) is 5.09. The first kappa shape index (κ1) is 11.9. The summed E-state index contributed by atoms with van der Waals surface area (Å²) < 4.78 is 1.59. The van der Waals surface area contributed by atoms with Crippen LogP contribution in [0.25, 0.3) is 0 Å². The number of carbonyl (C=O) groups is 1. The van der Waals surface area contributed by atoms with Gasteiger partial charge in [0.25, 0.3) is 0 Å². The summed E-state index contributed by atoms with van der Waals surface area (Å²) in [6, 6.07) is 1.69. The predicted molar refractivity (Wildman–Crippen MR) is 57.7 cm³/mol. The van der Waals surface area contributed by atoms with Gasteiger partial charge in [0.2, 0.25) is 0 Å². The van der Waals surface area contributed by atoms with E-state index in [9.17, 15) is 9.90 Å². The molecule has 0 amide bonds. The van der Waals surface area contributed by atoms with Gasteiger partial charge in [-0.2, -0.15) is 5.10 Å². The number of carbonyl (C=O) groups excluding carboxylic acids is 1. The van der Waals surface area contributed by atoms with Crippen molar-refractivity contribution in [2.24, 2.45) is 5.92 Å². The van der Waals surface area contributed by atoms with Gasteiger partial charge in [-0.15, -0.1) is 0 Å². The molecule has 4 heteroatoms. The van der Waals surface area contributed by atoms with E-state index in [2.05, 4.69) is 5.10 Å². The zero-order valence-corrected chi connectivity index (χ0v) is 9.69. The van der Waals surface area contributed by atoms with Crippen LogP contribution in [0.1, 0.15) is 38.2 Å². The van der Waals surface area contributed by atoms with E-state index in [-0.39, 0.29) is 11.7 Å². The monoisotopic (exact) mass is 210 g/mol. The van der Waals surface area contributed by atoms with Gasteiger partial charge in [-0.1, -0.05) is 13.8 Å². The van der Waals surface area contributed by atoms with Crippen molar-refractivity contribution in [3.05, 3.63) is 18.0 Å². The summed E-state index contributed by atoms with van der Waals surface area (Å²) in [5, 5.41) is 13.7. The standard InChI is InChI=1S/C11H18N2O2/c1-8(2)10(14)9-5-6-13(12-9)7-11(3,4)15/h5-6,8,15H,7H2,1-4H3. The Bertz CT molecular complexity index is 348. The summed E-state index contributed by atoms with van der Waals surface area (Å²) >= 11 is 0. The molecule has 1 aromatic heterocycles. The molecule has 1 heterocycles. The van der Waals surface area contributed by atoms with Crippen LogP contribution in [0, 0.1) is 5.92 Å². The van der Waals surface area contributed by atoms with Gasteiger partial charge in [-0.05, 0) is 19.9 Å². The molecule has 0 aliphatic rings. The van der Waals surface area contributed by atoms with Gasteiger partial charge < -0.3 is 5.11 Å². The summed E-state index contributed by atoms with van der Waals surface area (Å²) in [4.78, 5) is 11.6. The van der Waals surface area contributed by atoms with Gasteiger partial charge in [0.15, 0.2) is 5.78 Å². The summed E-state index contributed by atoms with van der Waals surface area (Å²) in [5.74, 6) is -0.0139. The van der Waals surface area contributed by atoms with E-state index in [1.165, 1.54) is 0 Å². The Kier molecular flexibility index (Phi) is 3.29. The topological polar surface area (TPSA) is 55.1 Å². The minimum atomic E-state index is -0.815. The third kappa shape index (κ3) is 3.47. The molecule has 0 bridgehead atoms. The van der Waals surface area contributed by atoms with Crippen molar-refractivity contribution < 1.29 is 9.90 Å². The molecule has 0 aromatic carbocycles. The number of nitrogens with zero attached hydrogens (tertiary/aromatic N) is 2. The van der Waals surface area contributed by atoms with Crippen molar-refractivity contribution >= 4 is 5.78 Å². The molecule has 84 valence electrons. The van der Waals surface area contributed by atoms with E-state index in [0.29, 0.717) is 12.2 Å². The molecule has 0 spiro atoms. The van der Waals surface area contributed by atoms with E-state index < -0.39 is 5.60 Å². The molecule has 1 N–H and O–H groups in total. The molecule has 0 saturated carbocycles. The third-order valence-corrected chi connectivity index (χ3v) is 1.97. The number of hydrogen-bond acceptors (Lipinski definition) is 3. The lowest BCUT2D eigenvalue weighted by molar-refractivity contribution is 0.0574. The first-order valence-corrected chi connectivity index (χ1v) is 5.09. The lowest BCUT2D eigenvalue weighted by Gasteiger charge is -2.16. The van der Waals surface area contributed by atoms with Gasteiger partial charge >= 0.3 is 0 Å². The van der Waals surface area contributed by atoms with Crippen LogP contribution in [0.2, 0.25) is 0 Å². The van der Waals surface area contributed by atoms with Gasteiger partial charge in [-0.25, -0.2) is 0 Å². The van der Waals surface area contributed by atoms with Gasteiger partial charge in [-0.3, -0.25) is 9.48 Å². The van der Waals surface area contributed by atoms with E-state index in [4.69, 9.17) is 0 Å². The maximum atomic E-state index is 11.6. The SMILES string of the molecule is CC(C)C(=O)c1ccn(CC(C)(C)O)n1. The van der Waals surface area contributed by atoms with Crippen LogP contribution in [-0.4, -0.2) is 26.3 Å². The Hall–Kier alpha value is -1.16. The van der Waals surface area contributed by atoms with E-state index in [1.807, 2.05) is 13.8 Å². The van der Waals surface area contributed by atoms with Crippen molar-refractivity contribution in [1.29, 1.82) is 0 Å². The Morgan fingerprint density at radius 2 is 2.20 bits per heavy atom. The molecule has 0 unspecified atom stereocenters. The van der Waals surface area contributed by atoms with Crippen molar-refractivity contribution in [2.45, 2.75) is 39.8 Å². The second-order valence-electron chi connectivity index (χ2n) is 4.73. The fourth-order valence-corrected chi connectivity index (χ4v) is 1.27. The highest BCUT2D eigenvalue weighted by Gasteiger charge is 2.17. The molecule has 0 aliphatic carbocycles. The third-order valence-electron chi connectivity index (χ3n) is 1.97. The normalized spacial score (nSPS) is 12.1. The molecule has 0 fully saturated rings. The number of rotatable bonds is 4. The van der Waals surface area contributed by atoms with Crippen molar-refractivity contribution in [3.8, 4) is 0 Å². The van der Waals surface area contributed by atoms with Gasteiger partial charge in [0.05, 0.1) is 12.1 Å². The maximum absolute atomic E-state index is 11.6. The van der Waals surface area contributed by atoms with Crippen LogP contribution in [0.4, 0.5) is 0 Å². The quantitative estimate of drug-likeness (QED) is 0.766. The van der Waals surface area contributed by atoms with Crippen LogP contribution in [-0.2, 0) is 6.54 Å². The van der Waals surface area contributed by atoms with Crippen molar-refractivity contribution in [2.75, 3.05) is 0 Å². The van der Waals surface area contributed by atoms with Crippen molar-refractivity contribution in [3.63, 3.8) is 0 Å². The molecule has 1 aromatic rings. The molecule has 1 rings (SSSR count). The highest BCUT2D eigenvalue weighted by molar-refractivity contribution is 5.95. The smallest absolute Gasteiger partial charge is 0.185 e. The molecule has 0 aliphatic heterocycles. The van der Waals surface area contributed by atoms with Crippen LogP contribution >= 0.6 is 0 Å². The number of aromatic nitrogens is 2. The second kappa shape index (κ2) is 4.14. The summed E-state index contributed by atoms with van der Waals surface area (Å²) in [6.45, 7) is 7.49. The minimum absolute atomic E-state index is 0.0319. The summed E-state index contributed by atoms with van der Waals surface area (Å²) in [6.07, 6.45) is 1.72. The Balaban J connectivity index is 2.77. The highest BCUT2D eigenvalue weighted by atomic mass is 16.3. The Labute approximate surface area is 89.9 Å². The highest BCUT2D eigenvalue weighted by Crippen LogP contribution is 2.08. The summed E-state index contributed by atoms with van der Waals surface area (Å²) in [7, 11) is 0. The van der Waals surface area contributed by atoms with Gasteiger partial charge in [0.1, 0.15) is 5.69 Å². The number of Topliss-reactive ketones (excluding diaryl/α,β-unsaturated/α-hetero) is 1. The second-order valence-corrected chi connectivity index (χ2v) is 4.73. The maximum Gasteiger partial charge on any atom is 0.185 e. The molecule has 0 radical (unpaired) electrons.